The number of nitrogens with zero attached hydrogens (tertiary/aromatic N) is 1. The van der Waals surface area contributed by atoms with E-state index in [1.54, 1.807) is 12.1 Å². The number of halogens is 2. The summed E-state index contributed by atoms with van der Waals surface area (Å²) in [6.45, 7) is 4.13. The number of anilines is 1. The molecule has 3 rings (SSSR count). The topological polar surface area (TPSA) is 111 Å². The lowest BCUT2D eigenvalue weighted by Crippen LogP contribution is -2.36. The molecule has 1 aliphatic heterocycles. The average molecular weight is 645 g/mol. The van der Waals surface area contributed by atoms with E-state index < -0.39 is 29.6 Å². The van der Waals surface area contributed by atoms with Crippen LogP contribution in [0, 0.1) is 3.57 Å². The van der Waals surface area contributed by atoms with Crippen LogP contribution in [0.1, 0.15) is 29.8 Å². The van der Waals surface area contributed by atoms with E-state index in [9.17, 15) is 19.2 Å². The molecule has 9 nitrogen and oxygen atoms in total. The second-order valence-electron chi connectivity index (χ2n) is 7.20. The Hall–Kier alpha value is -2.77. The Morgan fingerprint density at radius 3 is 2.53 bits per heavy atom. The molecular formula is C24H22ClIN2O7S. The minimum absolute atomic E-state index is 0.0717. The van der Waals surface area contributed by atoms with Crippen LogP contribution in [-0.2, 0) is 14.3 Å². The summed E-state index contributed by atoms with van der Waals surface area (Å²) in [7, 11) is 1.21. The van der Waals surface area contributed by atoms with Crippen molar-refractivity contribution in [3.63, 3.8) is 0 Å². The van der Waals surface area contributed by atoms with Gasteiger partial charge >= 0.3 is 5.97 Å². The van der Waals surface area contributed by atoms with Crippen LogP contribution < -0.4 is 14.8 Å². The van der Waals surface area contributed by atoms with E-state index in [-0.39, 0.29) is 21.2 Å². The lowest BCUT2D eigenvalue weighted by atomic mass is 10.2. The molecule has 1 saturated heterocycles. The van der Waals surface area contributed by atoms with Gasteiger partial charge in [-0.1, -0.05) is 11.6 Å². The number of hydrogen-bond donors (Lipinski definition) is 1. The van der Waals surface area contributed by atoms with Crippen LogP contribution in [0.5, 0.6) is 11.5 Å². The summed E-state index contributed by atoms with van der Waals surface area (Å²) in [6, 6.07) is 7.82. The Balaban J connectivity index is 1.76. The van der Waals surface area contributed by atoms with Crippen LogP contribution in [0.3, 0.4) is 0 Å². The SMILES string of the molecule is CCOc1cc(/C=C2/SC(=O)N(CC(=O)Nc3ccc(Cl)c(C(=O)OC)c3)C2=O)cc(I)c1OCC. The summed E-state index contributed by atoms with van der Waals surface area (Å²) in [4.78, 5) is 50.8. The molecule has 36 heavy (non-hydrogen) atoms. The average Bonchev–Trinajstić information content (AvgIpc) is 3.09. The number of thioether (sulfide) groups is 1. The van der Waals surface area contributed by atoms with Crippen molar-refractivity contribution in [3.8, 4) is 11.5 Å². The van der Waals surface area contributed by atoms with E-state index in [2.05, 4.69) is 32.6 Å². The van der Waals surface area contributed by atoms with Crippen molar-refractivity contribution < 1.29 is 33.4 Å². The fraction of sp³-hybridized carbons (Fsp3) is 0.250. The highest BCUT2D eigenvalue weighted by Gasteiger charge is 2.36. The number of amides is 3. The van der Waals surface area contributed by atoms with Crippen LogP contribution in [0.25, 0.3) is 6.08 Å². The van der Waals surface area contributed by atoms with E-state index in [4.69, 9.17) is 21.1 Å². The van der Waals surface area contributed by atoms with E-state index in [0.717, 1.165) is 20.2 Å². The molecule has 0 bridgehead atoms. The van der Waals surface area contributed by atoms with Gasteiger partial charge in [-0.15, -0.1) is 0 Å². The van der Waals surface area contributed by atoms with Gasteiger partial charge in [0.2, 0.25) is 5.91 Å². The summed E-state index contributed by atoms with van der Waals surface area (Å²) >= 11 is 8.85. The maximum absolute atomic E-state index is 12.9. The fourth-order valence-electron chi connectivity index (χ4n) is 3.22. The van der Waals surface area contributed by atoms with Gasteiger partial charge < -0.3 is 19.5 Å². The number of ether oxygens (including phenoxy) is 3. The summed E-state index contributed by atoms with van der Waals surface area (Å²) in [5, 5.41) is 2.15. The zero-order valence-electron chi connectivity index (χ0n) is 19.6. The zero-order valence-corrected chi connectivity index (χ0v) is 23.3. The highest BCUT2D eigenvalue weighted by atomic mass is 127. The first kappa shape index (κ1) is 27.8. The molecular weight excluding hydrogens is 623 g/mol. The van der Waals surface area contributed by atoms with E-state index in [0.29, 0.717) is 30.3 Å². The van der Waals surface area contributed by atoms with Gasteiger partial charge in [-0.05, 0) is 90.2 Å². The predicted molar refractivity (Wildman–Crippen MR) is 146 cm³/mol. The highest BCUT2D eigenvalue weighted by molar-refractivity contribution is 14.1. The molecule has 1 fully saturated rings. The third-order valence-corrected chi connectivity index (χ3v) is 6.79. The smallest absolute Gasteiger partial charge is 0.339 e. The Kier molecular flexibility index (Phi) is 9.63. The zero-order chi connectivity index (χ0) is 26.4. The van der Waals surface area contributed by atoms with Gasteiger partial charge in [-0.3, -0.25) is 19.3 Å². The first-order valence-electron chi connectivity index (χ1n) is 10.7. The third kappa shape index (κ3) is 6.51. The number of carbonyl (C=O) groups excluding carboxylic acids is 4. The number of carbonyl (C=O) groups is 4. The summed E-state index contributed by atoms with van der Waals surface area (Å²) < 4.78 is 16.8. The third-order valence-electron chi connectivity index (χ3n) is 4.75. The monoisotopic (exact) mass is 644 g/mol. The maximum Gasteiger partial charge on any atom is 0.339 e. The largest absolute Gasteiger partial charge is 0.490 e. The van der Waals surface area contributed by atoms with Gasteiger partial charge in [0.1, 0.15) is 6.54 Å². The molecule has 2 aromatic carbocycles. The second-order valence-corrected chi connectivity index (χ2v) is 9.76. The van der Waals surface area contributed by atoms with Crippen LogP contribution in [-0.4, -0.2) is 54.8 Å². The molecule has 190 valence electrons. The molecule has 0 aromatic heterocycles. The molecule has 2 aromatic rings. The van der Waals surface area contributed by atoms with E-state index in [1.165, 1.54) is 25.3 Å². The fourth-order valence-corrected chi connectivity index (χ4v) is 5.03. The Labute approximate surface area is 230 Å². The molecule has 0 radical (unpaired) electrons. The molecule has 0 spiro atoms. The van der Waals surface area contributed by atoms with Gasteiger partial charge in [0, 0.05) is 5.69 Å². The molecule has 12 heteroatoms. The predicted octanol–water partition coefficient (Wildman–Crippen LogP) is 5.20. The standard InChI is InChI=1S/C24H22ClIN2O7S/c1-4-34-18-9-13(8-17(26)21(18)35-5-2)10-19-22(30)28(24(32)36-19)12-20(29)27-14-6-7-16(25)15(11-14)23(31)33-3/h6-11H,4-5,12H2,1-3H3,(H,27,29)/b19-10+. The van der Waals surface area contributed by atoms with Gasteiger partial charge in [0.25, 0.3) is 11.1 Å². The Bertz CT molecular complexity index is 1250. The van der Waals surface area contributed by atoms with Gasteiger partial charge in [0.15, 0.2) is 11.5 Å². The number of esters is 1. The maximum atomic E-state index is 12.9. The van der Waals surface area contributed by atoms with Crippen LogP contribution in [0.15, 0.2) is 35.2 Å². The van der Waals surface area contributed by atoms with Gasteiger partial charge in [-0.25, -0.2) is 4.79 Å². The summed E-state index contributed by atoms with van der Waals surface area (Å²) in [6.07, 6.45) is 1.57. The van der Waals surface area contributed by atoms with Crippen LogP contribution in [0.4, 0.5) is 10.5 Å². The summed E-state index contributed by atoms with van der Waals surface area (Å²) in [5.74, 6) is -0.729. The normalized spacial score (nSPS) is 14.2. The Morgan fingerprint density at radius 2 is 1.86 bits per heavy atom. The van der Waals surface area contributed by atoms with Crippen molar-refractivity contribution in [1.29, 1.82) is 0 Å². The van der Waals surface area contributed by atoms with Crippen molar-refractivity contribution >= 4 is 80.7 Å². The molecule has 1 heterocycles. The number of benzene rings is 2. The van der Waals surface area contributed by atoms with E-state index in [1.807, 2.05) is 19.9 Å². The van der Waals surface area contributed by atoms with Crippen molar-refractivity contribution in [2.24, 2.45) is 0 Å². The number of nitrogens with one attached hydrogen (secondary N) is 1. The minimum Gasteiger partial charge on any atom is -0.490 e. The van der Waals surface area contributed by atoms with Crippen molar-refractivity contribution in [3.05, 3.63) is 55.0 Å². The van der Waals surface area contributed by atoms with Gasteiger partial charge in [-0.2, -0.15) is 0 Å². The highest BCUT2D eigenvalue weighted by Crippen LogP contribution is 2.37. The quantitative estimate of drug-likeness (QED) is 0.225. The minimum atomic E-state index is -0.663. The molecule has 0 saturated carbocycles. The molecule has 1 N–H and O–H groups in total. The number of imide groups is 1. The number of hydrogen-bond acceptors (Lipinski definition) is 8. The van der Waals surface area contributed by atoms with Crippen LogP contribution in [0.2, 0.25) is 5.02 Å². The molecule has 1 aliphatic rings. The molecule has 0 atom stereocenters. The summed E-state index contributed by atoms with van der Waals surface area (Å²) in [5.41, 5.74) is 0.986. The molecule has 3 amide bonds. The first-order chi connectivity index (χ1) is 17.2. The molecule has 0 aliphatic carbocycles. The van der Waals surface area contributed by atoms with E-state index >= 15 is 0 Å². The lowest BCUT2D eigenvalue weighted by Gasteiger charge is -2.14. The number of methoxy groups -OCH3 is 1. The van der Waals surface area contributed by atoms with Crippen LogP contribution >= 0.6 is 46.0 Å². The Morgan fingerprint density at radius 1 is 1.14 bits per heavy atom. The number of rotatable bonds is 9. The molecule has 0 unspecified atom stereocenters. The van der Waals surface area contributed by atoms with Crippen molar-refractivity contribution in [2.45, 2.75) is 13.8 Å². The van der Waals surface area contributed by atoms with Gasteiger partial charge in [0.05, 0.1) is 39.4 Å². The lowest BCUT2D eigenvalue weighted by molar-refractivity contribution is -0.127. The van der Waals surface area contributed by atoms with Crippen molar-refractivity contribution in [1.82, 2.24) is 4.90 Å². The first-order valence-corrected chi connectivity index (χ1v) is 13.0. The van der Waals surface area contributed by atoms with Crippen molar-refractivity contribution in [2.75, 3.05) is 32.2 Å². The second kappa shape index (κ2) is 12.5.